The van der Waals surface area contributed by atoms with Gasteiger partial charge in [0.05, 0.1) is 4.99 Å². The third-order valence-corrected chi connectivity index (χ3v) is 2.47. The van der Waals surface area contributed by atoms with Crippen molar-refractivity contribution in [3.8, 4) is 0 Å². The van der Waals surface area contributed by atoms with Gasteiger partial charge in [-0.3, -0.25) is 4.79 Å². The van der Waals surface area contributed by atoms with Gasteiger partial charge in [0.25, 0.3) is 0 Å². The molecule has 16 heavy (non-hydrogen) atoms. The zero-order valence-electron chi connectivity index (χ0n) is 9.35. The first-order valence-electron chi connectivity index (χ1n) is 5.29. The van der Waals surface area contributed by atoms with Gasteiger partial charge in [-0.05, 0) is 19.1 Å². The molecule has 0 saturated carbocycles. The van der Waals surface area contributed by atoms with Crippen molar-refractivity contribution in [2.75, 3.05) is 11.4 Å². The van der Waals surface area contributed by atoms with Gasteiger partial charge in [0.1, 0.15) is 0 Å². The zero-order valence-corrected chi connectivity index (χ0v) is 10.2. The van der Waals surface area contributed by atoms with Crippen LogP contribution in [0, 0.1) is 0 Å². The molecule has 1 aromatic rings. The number of amides is 1. The van der Waals surface area contributed by atoms with E-state index in [1.807, 2.05) is 37.3 Å². The van der Waals surface area contributed by atoms with E-state index < -0.39 is 0 Å². The molecule has 86 valence electrons. The molecular weight excluding hydrogens is 220 g/mol. The minimum absolute atomic E-state index is 0.0569. The predicted molar refractivity (Wildman–Crippen MR) is 70.5 cm³/mol. The number of para-hydroxylation sites is 1. The number of anilines is 1. The summed E-state index contributed by atoms with van der Waals surface area (Å²) in [7, 11) is 0. The molecule has 4 heteroatoms. The molecule has 0 fully saturated rings. The van der Waals surface area contributed by atoms with Gasteiger partial charge in [0, 0.05) is 25.1 Å². The number of benzene rings is 1. The molecule has 0 aliphatic rings. The summed E-state index contributed by atoms with van der Waals surface area (Å²) in [6.45, 7) is 2.60. The number of carbonyl (C=O) groups excluding carboxylic acids is 1. The van der Waals surface area contributed by atoms with Crippen LogP contribution in [0.5, 0.6) is 0 Å². The van der Waals surface area contributed by atoms with E-state index in [1.165, 1.54) is 0 Å². The van der Waals surface area contributed by atoms with Gasteiger partial charge in [0.2, 0.25) is 5.91 Å². The Labute approximate surface area is 101 Å². The van der Waals surface area contributed by atoms with Gasteiger partial charge in [-0.2, -0.15) is 0 Å². The molecule has 0 aliphatic heterocycles. The van der Waals surface area contributed by atoms with E-state index >= 15 is 0 Å². The van der Waals surface area contributed by atoms with Crippen molar-refractivity contribution in [1.82, 2.24) is 0 Å². The van der Waals surface area contributed by atoms with Crippen LogP contribution >= 0.6 is 12.2 Å². The Morgan fingerprint density at radius 1 is 1.31 bits per heavy atom. The number of thiocarbonyl (C=S) groups is 1. The SMILES string of the molecule is CCN(C(=O)CCC(N)=S)c1ccccc1. The van der Waals surface area contributed by atoms with Crippen molar-refractivity contribution in [1.29, 1.82) is 0 Å². The summed E-state index contributed by atoms with van der Waals surface area (Å²) in [6, 6.07) is 9.60. The maximum absolute atomic E-state index is 11.9. The quantitative estimate of drug-likeness (QED) is 0.796. The molecule has 2 N–H and O–H groups in total. The molecule has 0 atom stereocenters. The largest absolute Gasteiger partial charge is 0.393 e. The molecule has 3 nitrogen and oxygen atoms in total. The average molecular weight is 236 g/mol. The Morgan fingerprint density at radius 3 is 2.44 bits per heavy atom. The fourth-order valence-electron chi connectivity index (χ4n) is 1.48. The summed E-state index contributed by atoms with van der Waals surface area (Å²) >= 11 is 4.76. The van der Waals surface area contributed by atoms with E-state index in [2.05, 4.69) is 0 Å². The number of nitrogens with two attached hydrogens (primary N) is 1. The third kappa shape index (κ3) is 3.62. The number of rotatable bonds is 5. The van der Waals surface area contributed by atoms with Gasteiger partial charge in [-0.15, -0.1) is 0 Å². The smallest absolute Gasteiger partial charge is 0.227 e. The molecule has 0 saturated heterocycles. The van der Waals surface area contributed by atoms with Crippen molar-refractivity contribution < 1.29 is 4.79 Å². The number of nitrogens with zero attached hydrogens (tertiary/aromatic N) is 1. The fraction of sp³-hybridized carbons (Fsp3) is 0.333. The first-order valence-corrected chi connectivity index (χ1v) is 5.69. The Balaban J connectivity index is 2.68. The third-order valence-electron chi connectivity index (χ3n) is 2.27. The number of hydrogen-bond donors (Lipinski definition) is 1. The van der Waals surface area contributed by atoms with Crippen molar-refractivity contribution in [3.05, 3.63) is 30.3 Å². The van der Waals surface area contributed by atoms with Crippen molar-refractivity contribution in [2.24, 2.45) is 5.73 Å². The zero-order chi connectivity index (χ0) is 12.0. The Bertz CT molecular complexity index is 365. The summed E-state index contributed by atoms with van der Waals surface area (Å²) in [4.78, 5) is 14.0. The Hall–Kier alpha value is -1.42. The highest BCUT2D eigenvalue weighted by molar-refractivity contribution is 7.80. The van der Waals surface area contributed by atoms with Crippen molar-refractivity contribution >= 4 is 28.8 Å². The van der Waals surface area contributed by atoms with Crippen LogP contribution in [0.15, 0.2) is 30.3 Å². The highest BCUT2D eigenvalue weighted by atomic mass is 32.1. The van der Waals surface area contributed by atoms with E-state index in [1.54, 1.807) is 4.90 Å². The summed E-state index contributed by atoms with van der Waals surface area (Å²) in [6.07, 6.45) is 0.843. The molecule has 0 bridgehead atoms. The van der Waals surface area contributed by atoms with Gasteiger partial charge in [0.15, 0.2) is 0 Å². The van der Waals surface area contributed by atoms with Crippen molar-refractivity contribution in [2.45, 2.75) is 19.8 Å². The molecule has 0 unspecified atom stereocenters. The minimum atomic E-state index is 0.0569. The highest BCUT2D eigenvalue weighted by Crippen LogP contribution is 2.14. The number of carbonyl (C=O) groups is 1. The average Bonchev–Trinajstić information content (AvgIpc) is 2.29. The van der Waals surface area contributed by atoms with Gasteiger partial charge in [-0.25, -0.2) is 0 Å². The summed E-state index contributed by atoms with van der Waals surface area (Å²) in [5.74, 6) is 0.0569. The molecule has 1 rings (SSSR count). The van der Waals surface area contributed by atoms with Gasteiger partial charge < -0.3 is 10.6 Å². The first kappa shape index (κ1) is 12.6. The molecule has 0 radical (unpaired) electrons. The monoisotopic (exact) mass is 236 g/mol. The summed E-state index contributed by atoms with van der Waals surface area (Å²) in [5.41, 5.74) is 6.30. The summed E-state index contributed by atoms with van der Waals surface area (Å²) < 4.78 is 0. The molecule has 1 amide bonds. The van der Waals surface area contributed by atoms with E-state index in [0.717, 1.165) is 5.69 Å². The van der Waals surface area contributed by atoms with Crippen LogP contribution in [-0.4, -0.2) is 17.4 Å². The molecule has 0 spiro atoms. The van der Waals surface area contributed by atoms with Crippen LogP contribution in [-0.2, 0) is 4.79 Å². The van der Waals surface area contributed by atoms with Crippen LogP contribution in [0.25, 0.3) is 0 Å². The van der Waals surface area contributed by atoms with E-state index in [9.17, 15) is 4.79 Å². The predicted octanol–water partition coefficient (Wildman–Crippen LogP) is 2.11. The second kappa shape index (κ2) is 6.23. The van der Waals surface area contributed by atoms with Crippen LogP contribution in [0.1, 0.15) is 19.8 Å². The van der Waals surface area contributed by atoms with Gasteiger partial charge >= 0.3 is 0 Å². The minimum Gasteiger partial charge on any atom is -0.393 e. The molecule has 0 aliphatic carbocycles. The maximum Gasteiger partial charge on any atom is 0.227 e. The van der Waals surface area contributed by atoms with E-state index in [-0.39, 0.29) is 5.91 Å². The molecule has 0 aromatic heterocycles. The Morgan fingerprint density at radius 2 is 1.94 bits per heavy atom. The van der Waals surface area contributed by atoms with Crippen LogP contribution < -0.4 is 10.6 Å². The van der Waals surface area contributed by atoms with Crippen LogP contribution in [0.4, 0.5) is 5.69 Å². The Kier molecular flexibility index (Phi) is 4.92. The lowest BCUT2D eigenvalue weighted by Gasteiger charge is -2.20. The van der Waals surface area contributed by atoms with Crippen LogP contribution in [0.2, 0.25) is 0 Å². The lowest BCUT2D eigenvalue weighted by Crippen LogP contribution is -2.31. The van der Waals surface area contributed by atoms with Crippen molar-refractivity contribution in [3.63, 3.8) is 0 Å². The maximum atomic E-state index is 11.9. The molecular formula is C12H16N2OS. The lowest BCUT2D eigenvalue weighted by molar-refractivity contribution is -0.118. The lowest BCUT2D eigenvalue weighted by atomic mass is 10.2. The molecule has 0 heterocycles. The van der Waals surface area contributed by atoms with Gasteiger partial charge in [-0.1, -0.05) is 30.4 Å². The second-order valence-corrected chi connectivity index (χ2v) is 3.96. The standard InChI is InChI=1S/C12H16N2OS/c1-2-14(10-6-4-3-5-7-10)12(15)9-8-11(13)16/h3-7H,2,8-9H2,1H3,(H2,13,16). The summed E-state index contributed by atoms with van der Waals surface area (Å²) in [5, 5.41) is 0. The fourth-order valence-corrected chi connectivity index (χ4v) is 1.58. The highest BCUT2D eigenvalue weighted by Gasteiger charge is 2.13. The normalized spacial score (nSPS) is 9.81. The second-order valence-electron chi connectivity index (χ2n) is 3.44. The molecule has 1 aromatic carbocycles. The van der Waals surface area contributed by atoms with E-state index in [0.29, 0.717) is 24.4 Å². The first-order chi connectivity index (χ1) is 7.65. The van der Waals surface area contributed by atoms with Crippen LogP contribution in [0.3, 0.4) is 0 Å². The topological polar surface area (TPSA) is 46.3 Å². The number of hydrogen-bond acceptors (Lipinski definition) is 2. The van der Waals surface area contributed by atoms with E-state index in [4.69, 9.17) is 18.0 Å².